The lowest BCUT2D eigenvalue weighted by molar-refractivity contribution is 0.0988. The summed E-state index contributed by atoms with van der Waals surface area (Å²) in [4.78, 5) is 29.4. The normalized spacial score (nSPS) is 15.1. The predicted octanol–water partition coefficient (Wildman–Crippen LogP) is 5.34. The maximum atomic E-state index is 13.5. The van der Waals surface area contributed by atoms with Gasteiger partial charge in [-0.1, -0.05) is 18.2 Å². The van der Waals surface area contributed by atoms with Gasteiger partial charge in [0, 0.05) is 29.9 Å². The van der Waals surface area contributed by atoms with Crippen LogP contribution in [0.1, 0.15) is 47.1 Å². The van der Waals surface area contributed by atoms with Crippen LogP contribution in [0.3, 0.4) is 0 Å². The number of carbonyl (C=O) groups is 2. The number of halogens is 3. The van der Waals surface area contributed by atoms with Crippen LogP contribution in [0.2, 0.25) is 0 Å². The molecule has 1 aliphatic rings. The minimum Gasteiger partial charge on any atom is -0.492 e. The van der Waals surface area contributed by atoms with Gasteiger partial charge in [0.25, 0.3) is 5.91 Å². The summed E-state index contributed by atoms with van der Waals surface area (Å²) < 4.78 is 37.8. The first kappa shape index (κ1) is 24.9. The van der Waals surface area contributed by atoms with E-state index in [1.54, 1.807) is 43.5 Å². The van der Waals surface area contributed by atoms with Crippen LogP contribution in [-0.2, 0) is 4.74 Å². The largest absolute Gasteiger partial charge is 0.492 e. The fourth-order valence-electron chi connectivity index (χ4n) is 3.54. The van der Waals surface area contributed by atoms with Gasteiger partial charge in [0.15, 0.2) is 11.6 Å². The van der Waals surface area contributed by atoms with E-state index in [0.717, 1.165) is 12.1 Å². The van der Waals surface area contributed by atoms with Crippen LogP contribution in [0.15, 0.2) is 60.8 Å². The van der Waals surface area contributed by atoms with Gasteiger partial charge >= 0.3 is 6.09 Å². The predicted molar refractivity (Wildman–Crippen MR) is 123 cm³/mol. The summed E-state index contributed by atoms with van der Waals surface area (Å²) in [6.07, 6.45) is 0.935. The molecule has 1 aliphatic heterocycles. The molecule has 0 unspecified atom stereocenters. The number of anilines is 1. The van der Waals surface area contributed by atoms with Crippen molar-refractivity contribution in [3.8, 4) is 5.75 Å². The van der Waals surface area contributed by atoms with E-state index < -0.39 is 35.8 Å². The van der Waals surface area contributed by atoms with Crippen molar-refractivity contribution < 1.29 is 27.8 Å². The zero-order valence-electron chi connectivity index (χ0n) is 18.1. The summed E-state index contributed by atoms with van der Waals surface area (Å²) in [5, 5.41) is 5.35. The summed E-state index contributed by atoms with van der Waals surface area (Å²) in [5.74, 6) is -2.31. The van der Waals surface area contributed by atoms with Crippen LogP contribution in [0.4, 0.5) is 19.3 Å². The molecule has 10 heteroatoms. The summed E-state index contributed by atoms with van der Waals surface area (Å²) in [5.41, 5.74) is 1.55. The fraction of sp³-hybridized carbons (Fsp3) is 0.208. The third kappa shape index (κ3) is 5.60. The zero-order valence-corrected chi connectivity index (χ0v) is 18.9. The Hall–Kier alpha value is -3.72. The molecule has 7 nitrogen and oxygen atoms in total. The van der Waals surface area contributed by atoms with Crippen LogP contribution in [0.5, 0.6) is 5.75 Å². The van der Waals surface area contributed by atoms with Crippen molar-refractivity contribution in [3.05, 3.63) is 89.2 Å². The van der Waals surface area contributed by atoms with E-state index in [-0.39, 0.29) is 30.3 Å². The number of ether oxygens (including phenoxy) is 2. The topological polar surface area (TPSA) is 89.5 Å². The summed E-state index contributed by atoms with van der Waals surface area (Å²) in [6, 6.07) is 12.9. The number of carbonyl (C=O) groups excluding carboxylic acids is 2. The minimum absolute atomic E-state index is 0. The van der Waals surface area contributed by atoms with Gasteiger partial charge in [0.05, 0.1) is 23.9 Å². The first-order valence-corrected chi connectivity index (χ1v) is 10.3. The van der Waals surface area contributed by atoms with E-state index >= 15 is 0 Å². The number of fused-ring (bicyclic) bond motifs is 1. The van der Waals surface area contributed by atoms with E-state index in [1.807, 2.05) is 6.07 Å². The Morgan fingerprint density at radius 2 is 1.94 bits per heavy atom. The van der Waals surface area contributed by atoms with Gasteiger partial charge in [0.2, 0.25) is 0 Å². The highest BCUT2D eigenvalue weighted by atomic mass is 35.5. The highest BCUT2D eigenvalue weighted by molar-refractivity contribution is 6.06. The van der Waals surface area contributed by atoms with Crippen LogP contribution >= 0.6 is 12.4 Å². The monoisotopic (exact) mass is 489 g/mol. The first-order valence-electron chi connectivity index (χ1n) is 10.3. The van der Waals surface area contributed by atoms with E-state index in [2.05, 4.69) is 15.6 Å². The molecule has 2 heterocycles. The number of rotatable bonds is 5. The average molecular weight is 490 g/mol. The highest BCUT2D eigenvalue weighted by Crippen LogP contribution is 2.35. The van der Waals surface area contributed by atoms with E-state index in [0.29, 0.717) is 23.4 Å². The molecular weight excluding hydrogens is 468 g/mol. The molecule has 3 aromatic rings. The molecule has 34 heavy (non-hydrogen) atoms. The molecule has 0 fully saturated rings. The second-order valence-corrected chi connectivity index (χ2v) is 7.44. The van der Waals surface area contributed by atoms with Gasteiger partial charge in [0.1, 0.15) is 11.9 Å². The number of nitrogens with one attached hydrogen (secondary N) is 2. The number of pyridine rings is 1. The Kier molecular flexibility index (Phi) is 8.01. The zero-order chi connectivity index (χ0) is 23.4. The second kappa shape index (κ2) is 10.9. The Balaban J connectivity index is 0.00000324. The van der Waals surface area contributed by atoms with E-state index in [1.165, 1.54) is 6.07 Å². The molecular formula is C24H22ClF2N3O4. The summed E-state index contributed by atoms with van der Waals surface area (Å²) >= 11 is 0. The molecule has 0 bridgehead atoms. The lowest BCUT2D eigenvalue weighted by atomic mass is 9.97. The summed E-state index contributed by atoms with van der Waals surface area (Å²) in [6.45, 7) is 1.99. The number of alkyl carbamates (subject to hydrolysis) is 1. The number of nitrogens with zero attached hydrogens (tertiary/aromatic N) is 1. The smallest absolute Gasteiger partial charge is 0.408 e. The molecule has 2 aromatic carbocycles. The molecule has 0 aliphatic carbocycles. The van der Waals surface area contributed by atoms with Crippen LogP contribution in [0, 0.1) is 11.6 Å². The van der Waals surface area contributed by atoms with Gasteiger partial charge in [-0.05, 0) is 37.3 Å². The maximum absolute atomic E-state index is 13.5. The van der Waals surface area contributed by atoms with Gasteiger partial charge in [-0.3, -0.25) is 9.78 Å². The minimum atomic E-state index is -1.07. The van der Waals surface area contributed by atoms with Gasteiger partial charge < -0.3 is 20.1 Å². The first-order chi connectivity index (χ1) is 15.9. The van der Waals surface area contributed by atoms with E-state index in [9.17, 15) is 18.4 Å². The number of amides is 2. The van der Waals surface area contributed by atoms with Gasteiger partial charge in [-0.25, -0.2) is 13.6 Å². The molecule has 4 rings (SSSR count). The van der Waals surface area contributed by atoms with Crippen molar-refractivity contribution in [2.24, 2.45) is 0 Å². The van der Waals surface area contributed by atoms with Crippen molar-refractivity contribution in [2.45, 2.75) is 25.5 Å². The van der Waals surface area contributed by atoms with Crippen molar-refractivity contribution in [1.82, 2.24) is 10.3 Å². The third-order valence-corrected chi connectivity index (χ3v) is 5.18. The number of benzene rings is 2. The molecule has 0 saturated heterocycles. The number of hydrogen-bond acceptors (Lipinski definition) is 5. The Labute approximate surface area is 200 Å². The number of hydrogen-bond donors (Lipinski definition) is 2. The van der Waals surface area contributed by atoms with Crippen LogP contribution in [0.25, 0.3) is 0 Å². The molecule has 2 atom stereocenters. The van der Waals surface area contributed by atoms with Crippen molar-refractivity contribution >= 4 is 30.1 Å². The van der Waals surface area contributed by atoms with Crippen molar-refractivity contribution in [2.75, 3.05) is 11.9 Å². The lowest BCUT2D eigenvalue weighted by Gasteiger charge is -2.28. The van der Waals surface area contributed by atoms with Crippen LogP contribution in [-0.4, -0.2) is 23.6 Å². The van der Waals surface area contributed by atoms with Crippen LogP contribution < -0.4 is 15.4 Å². The SMILES string of the molecule is C[C@H](OC(=O)N[C@H]1CCOc2c(C(=O)Nc3ccc(F)c(F)c3)cccc21)c1ccccn1.Cl. The lowest BCUT2D eigenvalue weighted by Crippen LogP contribution is -2.33. The quantitative estimate of drug-likeness (QED) is 0.504. The third-order valence-electron chi connectivity index (χ3n) is 5.18. The fourth-order valence-corrected chi connectivity index (χ4v) is 3.54. The second-order valence-electron chi connectivity index (χ2n) is 7.44. The Morgan fingerprint density at radius 1 is 1.12 bits per heavy atom. The van der Waals surface area contributed by atoms with Gasteiger partial charge in [-0.2, -0.15) is 0 Å². The number of para-hydroxylation sites is 1. The highest BCUT2D eigenvalue weighted by Gasteiger charge is 2.28. The van der Waals surface area contributed by atoms with E-state index in [4.69, 9.17) is 9.47 Å². The molecule has 2 amide bonds. The summed E-state index contributed by atoms with van der Waals surface area (Å²) in [7, 11) is 0. The maximum Gasteiger partial charge on any atom is 0.408 e. The average Bonchev–Trinajstić information content (AvgIpc) is 2.81. The number of aromatic nitrogens is 1. The molecule has 0 radical (unpaired) electrons. The molecule has 2 N–H and O–H groups in total. The standard InChI is InChI=1S/C24H21F2N3O4.ClH/c1-14(20-7-2-3-11-27-20)33-24(31)29-21-10-12-32-22-16(21)5-4-6-17(22)23(30)28-15-8-9-18(25)19(26)13-15;/h2-9,11,13-14,21H,10,12H2,1H3,(H,28,30)(H,29,31);1H/t14-,21-;/m0./s1. The Morgan fingerprint density at radius 3 is 2.68 bits per heavy atom. The van der Waals surface area contributed by atoms with Crippen molar-refractivity contribution in [3.63, 3.8) is 0 Å². The molecule has 0 spiro atoms. The molecule has 1 aromatic heterocycles. The molecule has 0 saturated carbocycles. The van der Waals surface area contributed by atoms with Gasteiger partial charge in [-0.15, -0.1) is 12.4 Å². The molecule has 178 valence electrons. The van der Waals surface area contributed by atoms with Crippen molar-refractivity contribution in [1.29, 1.82) is 0 Å². The Bertz CT molecular complexity index is 1180.